The van der Waals surface area contributed by atoms with E-state index in [1.165, 1.54) is 0 Å². The molecule has 0 fully saturated rings. The van der Waals surface area contributed by atoms with Crippen LogP contribution in [-0.4, -0.2) is 15.2 Å². The molecule has 0 radical (unpaired) electrons. The first-order valence-corrected chi connectivity index (χ1v) is 5.69. The van der Waals surface area contributed by atoms with Crippen LogP contribution in [0.3, 0.4) is 0 Å². The van der Waals surface area contributed by atoms with Gasteiger partial charge in [0.2, 0.25) is 0 Å². The van der Waals surface area contributed by atoms with Gasteiger partial charge >= 0.3 is 0 Å². The summed E-state index contributed by atoms with van der Waals surface area (Å²) < 4.78 is 0.951. The Morgan fingerprint density at radius 1 is 1.00 bits per heavy atom. The second-order valence-electron chi connectivity index (χ2n) is 3.45. The molecule has 0 bridgehead atoms. The van der Waals surface area contributed by atoms with Gasteiger partial charge in [-0.2, -0.15) is 5.10 Å². The van der Waals surface area contributed by atoms with Crippen molar-refractivity contribution in [2.45, 2.75) is 0 Å². The van der Waals surface area contributed by atoms with Crippen LogP contribution in [0, 0.1) is 0 Å². The second-order valence-corrected chi connectivity index (χ2v) is 4.31. The van der Waals surface area contributed by atoms with Crippen LogP contribution in [0.5, 0.6) is 0 Å². The Kier molecular flexibility index (Phi) is 2.22. The number of halogens is 1. The minimum atomic E-state index is 0.861. The molecule has 0 aliphatic heterocycles. The largest absolute Gasteiger partial charge is 0.277 e. The molecule has 4 heteroatoms. The monoisotopic (exact) mass is 273 g/mol. The summed E-state index contributed by atoms with van der Waals surface area (Å²) in [5.41, 5.74) is 2.76. The fourth-order valence-corrected chi connectivity index (χ4v) is 2.15. The predicted molar refractivity (Wildman–Crippen MR) is 67.0 cm³/mol. The Labute approximate surface area is 101 Å². The summed E-state index contributed by atoms with van der Waals surface area (Å²) in [6.45, 7) is 0. The van der Waals surface area contributed by atoms with Gasteiger partial charge in [0.15, 0.2) is 0 Å². The van der Waals surface area contributed by atoms with Gasteiger partial charge in [0.05, 0.1) is 5.52 Å². The molecule has 0 aliphatic rings. The van der Waals surface area contributed by atoms with Gasteiger partial charge in [-0.1, -0.05) is 18.2 Å². The summed E-state index contributed by atoms with van der Waals surface area (Å²) in [5.74, 6) is 0. The Morgan fingerprint density at radius 2 is 1.88 bits per heavy atom. The normalized spacial score (nSPS) is 10.8. The quantitative estimate of drug-likeness (QED) is 0.739. The number of para-hydroxylation sites is 1. The molecule has 78 valence electrons. The van der Waals surface area contributed by atoms with E-state index in [9.17, 15) is 0 Å². The Hall–Kier alpha value is -1.68. The highest BCUT2D eigenvalue weighted by Crippen LogP contribution is 2.29. The van der Waals surface area contributed by atoms with Crippen LogP contribution in [0.1, 0.15) is 0 Å². The van der Waals surface area contributed by atoms with Crippen LogP contribution < -0.4 is 0 Å². The summed E-state index contributed by atoms with van der Waals surface area (Å²) in [7, 11) is 0. The van der Waals surface area contributed by atoms with E-state index in [-0.39, 0.29) is 0 Å². The minimum absolute atomic E-state index is 0.861. The van der Waals surface area contributed by atoms with E-state index in [2.05, 4.69) is 31.1 Å². The molecule has 16 heavy (non-hydrogen) atoms. The summed E-state index contributed by atoms with van der Waals surface area (Å²) >= 11 is 3.49. The Bertz CT molecular complexity index is 645. The van der Waals surface area contributed by atoms with Crippen molar-refractivity contribution in [1.82, 2.24) is 15.2 Å². The molecule has 3 rings (SSSR count). The van der Waals surface area contributed by atoms with E-state index in [0.29, 0.717) is 0 Å². The maximum absolute atomic E-state index is 4.34. The highest BCUT2D eigenvalue weighted by atomic mass is 79.9. The van der Waals surface area contributed by atoms with E-state index in [1.54, 1.807) is 6.20 Å². The third-order valence-electron chi connectivity index (χ3n) is 2.45. The molecule has 0 unspecified atom stereocenters. The molecule has 2 aromatic heterocycles. The molecule has 3 aromatic rings. The lowest BCUT2D eigenvalue weighted by molar-refractivity contribution is 1.11. The van der Waals surface area contributed by atoms with Crippen LogP contribution >= 0.6 is 15.9 Å². The number of H-pyrrole nitrogens is 1. The number of aromatic nitrogens is 3. The SMILES string of the molecule is Brc1cccnc1-c1n[nH]c2ccccc12. The smallest absolute Gasteiger partial charge is 0.119 e. The van der Waals surface area contributed by atoms with Gasteiger partial charge in [-0.15, -0.1) is 0 Å². The second kappa shape index (κ2) is 3.72. The van der Waals surface area contributed by atoms with Crippen molar-refractivity contribution < 1.29 is 0 Å². The zero-order valence-corrected chi connectivity index (χ0v) is 9.90. The van der Waals surface area contributed by atoms with E-state index in [4.69, 9.17) is 0 Å². The first kappa shape index (κ1) is 9.54. The lowest BCUT2D eigenvalue weighted by Gasteiger charge is -1.99. The maximum Gasteiger partial charge on any atom is 0.119 e. The number of hydrogen-bond acceptors (Lipinski definition) is 2. The highest BCUT2D eigenvalue weighted by Gasteiger charge is 2.10. The van der Waals surface area contributed by atoms with E-state index in [0.717, 1.165) is 26.8 Å². The van der Waals surface area contributed by atoms with Crippen LogP contribution in [-0.2, 0) is 0 Å². The minimum Gasteiger partial charge on any atom is -0.277 e. The Morgan fingerprint density at radius 3 is 2.75 bits per heavy atom. The highest BCUT2D eigenvalue weighted by molar-refractivity contribution is 9.10. The molecule has 0 saturated carbocycles. The van der Waals surface area contributed by atoms with Crippen molar-refractivity contribution in [3.8, 4) is 11.4 Å². The molecule has 0 amide bonds. The van der Waals surface area contributed by atoms with Crippen molar-refractivity contribution in [1.29, 1.82) is 0 Å². The standard InChI is InChI=1S/C12H8BrN3/c13-9-5-3-7-14-12(9)11-8-4-1-2-6-10(8)15-16-11/h1-7H,(H,15,16). The van der Waals surface area contributed by atoms with Crippen LogP contribution in [0.25, 0.3) is 22.3 Å². The van der Waals surface area contributed by atoms with Gasteiger partial charge in [0, 0.05) is 16.1 Å². The van der Waals surface area contributed by atoms with Crippen LogP contribution in [0.4, 0.5) is 0 Å². The fourth-order valence-electron chi connectivity index (χ4n) is 1.70. The zero-order chi connectivity index (χ0) is 11.0. The Balaban J connectivity index is 2.31. The third-order valence-corrected chi connectivity index (χ3v) is 3.09. The number of benzene rings is 1. The number of hydrogen-bond donors (Lipinski definition) is 1. The molecule has 0 spiro atoms. The average molecular weight is 274 g/mol. The summed E-state index contributed by atoms with van der Waals surface area (Å²) in [6.07, 6.45) is 1.77. The van der Waals surface area contributed by atoms with Crippen molar-refractivity contribution in [2.24, 2.45) is 0 Å². The third kappa shape index (κ3) is 1.42. The van der Waals surface area contributed by atoms with Crippen molar-refractivity contribution in [3.63, 3.8) is 0 Å². The van der Waals surface area contributed by atoms with Gasteiger partial charge in [0.25, 0.3) is 0 Å². The molecule has 0 saturated heterocycles. The molecular formula is C12H8BrN3. The number of nitrogens with zero attached hydrogens (tertiary/aromatic N) is 2. The van der Waals surface area contributed by atoms with Crippen molar-refractivity contribution in [2.75, 3.05) is 0 Å². The number of nitrogens with one attached hydrogen (secondary N) is 1. The number of rotatable bonds is 1. The van der Waals surface area contributed by atoms with Gasteiger partial charge in [-0.3, -0.25) is 10.1 Å². The predicted octanol–water partition coefficient (Wildman–Crippen LogP) is 3.39. The lowest BCUT2D eigenvalue weighted by atomic mass is 10.1. The summed E-state index contributed by atoms with van der Waals surface area (Å²) in [6, 6.07) is 11.9. The van der Waals surface area contributed by atoms with Gasteiger partial charge in [-0.25, -0.2) is 0 Å². The van der Waals surface area contributed by atoms with Gasteiger partial charge < -0.3 is 0 Å². The molecular weight excluding hydrogens is 266 g/mol. The van der Waals surface area contributed by atoms with Crippen LogP contribution in [0.2, 0.25) is 0 Å². The van der Waals surface area contributed by atoms with Gasteiger partial charge in [-0.05, 0) is 34.1 Å². The molecule has 1 N–H and O–H groups in total. The molecule has 3 nitrogen and oxygen atoms in total. The van der Waals surface area contributed by atoms with Crippen molar-refractivity contribution >= 4 is 26.8 Å². The first-order valence-electron chi connectivity index (χ1n) is 4.90. The fraction of sp³-hybridized carbons (Fsp3) is 0. The number of pyridine rings is 1. The maximum atomic E-state index is 4.34. The number of fused-ring (bicyclic) bond motifs is 1. The molecule has 2 heterocycles. The molecule has 1 aromatic carbocycles. The van der Waals surface area contributed by atoms with E-state index < -0.39 is 0 Å². The lowest BCUT2D eigenvalue weighted by Crippen LogP contribution is -1.85. The average Bonchev–Trinajstić information content (AvgIpc) is 2.74. The summed E-state index contributed by atoms with van der Waals surface area (Å²) in [5, 5.41) is 8.40. The van der Waals surface area contributed by atoms with Crippen LogP contribution in [0.15, 0.2) is 47.1 Å². The molecule has 0 atom stereocenters. The number of aromatic amines is 1. The first-order chi connectivity index (χ1) is 7.86. The topological polar surface area (TPSA) is 41.6 Å². The van der Waals surface area contributed by atoms with E-state index in [1.807, 2.05) is 36.4 Å². The van der Waals surface area contributed by atoms with Gasteiger partial charge in [0.1, 0.15) is 11.4 Å². The summed E-state index contributed by atoms with van der Waals surface area (Å²) in [4.78, 5) is 4.34. The van der Waals surface area contributed by atoms with E-state index >= 15 is 0 Å². The zero-order valence-electron chi connectivity index (χ0n) is 8.31. The molecule has 0 aliphatic carbocycles. The van der Waals surface area contributed by atoms with Crippen molar-refractivity contribution in [3.05, 3.63) is 47.1 Å².